The summed E-state index contributed by atoms with van der Waals surface area (Å²) in [6.07, 6.45) is 0.618. The number of amides is 1. The molecule has 0 unspecified atom stereocenters. The average Bonchev–Trinajstić information content (AvgIpc) is 2.76. The Morgan fingerprint density at radius 2 is 1.82 bits per heavy atom. The molecule has 0 aromatic carbocycles. The molecule has 1 aliphatic heterocycles. The zero-order valence-electron chi connectivity index (χ0n) is 10.4. The van der Waals surface area contributed by atoms with Gasteiger partial charge in [0.15, 0.2) is 0 Å². The lowest BCUT2D eigenvalue weighted by Crippen LogP contribution is -2.63. The van der Waals surface area contributed by atoms with Crippen molar-refractivity contribution in [3.63, 3.8) is 0 Å². The second-order valence-electron chi connectivity index (χ2n) is 5.89. The van der Waals surface area contributed by atoms with Crippen LogP contribution >= 0.6 is 0 Å². The first-order valence-corrected chi connectivity index (χ1v) is 5.97. The van der Waals surface area contributed by atoms with Gasteiger partial charge in [0.1, 0.15) is 0 Å². The second kappa shape index (κ2) is 3.45. The zero-order chi connectivity index (χ0) is 13.0. The summed E-state index contributed by atoms with van der Waals surface area (Å²) in [4.78, 5) is 24.6. The lowest BCUT2D eigenvalue weighted by molar-refractivity contribution is -0.159. The van der Waals surface area contributed by atoms with Crippen LogP contribution in [0.1, 0.15) is 27.2 Å². The first-order chi connectivity index (χ1) is 7.73. The molecule has 1 saturated carbocycles. The Bertz CT molecular complexity index is 371. The molecule has 96 valence electrons. The predicted molar refractivity (Wildman–Crippen MR) is 60.2 cm³/mol. The number of carbonyl (C=O) groups excluding carboxylic acids is 1. The molecule has 0 aromatic heterocycles. The van der Waals surface area contributed by atoms with Crippen molar-refractivity contribution < 1.29 is 19.8 Å². The number of carboxylic acid groups (broad SMARTS) is 1. The van der Waals surface area contributed by atoms with E-state index >= 15 is 0 Å². The Morgan fingerprint density at radius 1 is 1.29 bits per heavy atom. The number of aliphatic carboxylic acids is 1. The lowest BCUT2D eigenvalue weighted by Gasteiger charge is -2.46. The highest BCUT2D eigenvalue weighted by molar-refractivity contribution is 5.92. The molecular formula is C12H19NO4. The molecule has 17 heavy (non-hydrogen) atoms. The number of carbonyl (C=O) groups is 2. The van der Waals surface area contributed by atoms with E-state index in [2.05, 4.69) is 0 Å². The van der Waals surface area contributed by atoms with Gasteiger partial charge in [0.05, 0.1) is 30.5 Å². The summed E-state index contributed by atoms with van der Waals surface area (Å²) < 4.78 is 0. The smallest absolute Gasteiger partial charge is 0.307 e. The molecule has 1 amide bonds. The maximum Gasteiger partial charge on any atom is 0.307 e. The van der Waals surface area contributed by atoms with Gasteiger partial charge in [-0.3, -0.25) is 9.59 Å². The summed E-state index contributed by atoms with van der Waals surface area (Å²) >= 11 is 0. The molecule has 5 nitrogen and oxygen atoms in total. The van der Waals surface area contributed by atoms with Crippen LogP contribution in [0.3, 0.4) is 0 Å². The van der Waals surface area contributed by atoms with Crippen molar-refractivity contribution in [2.24, 2.45) is 17.3 Å². The molecule has 2 fully saturated rings. The van der Waals surface area contributed by atoms with Gasteiger partial charge in [0.2, 0.25) is 5.91 Å². The van der Waals surface area contributed by atoms with Gasteiger partial charge in [0.25, 0.3) is 0 Å². The first-order valence-electron chi connectivity index (χ1n) is 5.97. The molecule has 5 heteroatoms. The quantitative estimate of drug-likeness (QED) is 0.746. The monoisotopic (exact) mass is 241 g/mol. The van der Waals surface area contributed by atoms with Crippen molar-refractivity contribution in [2.45, 2.75) is 32.8 Å². The van der Waals surface area contributed by atoms with Crippen molar-refractivity contribution in [3.05, 3.63) is 0 Å². The average molecular weight is 241 g/mol. The van der Waals surface area contributed by atoms with E-state index in [1.165, 1.54) is 0 Å². The fraction of sp³-hybridized carbons (Fsp3) is 0.833. The predicted octanol–water partition coefficient (Wildman–Crippen LogP) is 0.326. The van der Waals surface area contributed by atoms with Crippen molar-refractivity contribution in [1.82, 2.24) is 4.90 Å². The molecule has 0 aromatic rings. The molecule has 2 aliphatic rings. The maximum atomic E-state index is 12.1. The van der Waals surface area contributed by atoms with E-state index < -0.39 is 28.8 Å². The first kappa shape index (κ1) is 12.4. The highest BCUT2D eigenvalue weighted by atomic mass is 16.4. The van der Waals surface area contributed by atoms with E-state index in [9.17, 15) is 14.7 Å². The fourth-order valence-corrected chi connectivity index (χ4v) is 2.80. The highest BCUT2D eigenvalue weighted by Gasteiger charge is 2.67. The second-order valence-corrected chi connectivity index (χ2v) is 5.89. The molecular weight excluding hydrogens is 222 g/mol. The number of hydrogen-bond donors (Lipinski definition) is 2. The van der Waals surface area contributed by atoms with Crippen molar-refractivity contribution in [2.75, 3.05) is 13.1 Å². The van der Waals surface area contributed by atoms with Gasteiger partial charge in [-0.25, -0.2) is 0 Å². The van der Waals surface area contributed by atoms with Crippen molar-refractivity contribution in [3.8, 4) is 0 Å². The van der Waals surface area contributed by atoms with Crippen LogP contribution in [0.4, 0.5) is 0 Å². The molecule has 1 aliphatic carbocycles. The molecule has 2 N–H and O–H groups in total. The van der Waals surface area contributed by atoms with Crippen LogP contribution in [-0.2, 0) is 9.59 Å². The summed E-state index contributed by atoms with van der Waals surface area (Å²) in [5.41, 5.74) is -1.21. The van der Waals surface area contributed by atoms with Crippen molar-refractivity contribution >= 4 is 11.9 Å². The molecule has 1 heterocycles. The van der Waals surface area contributed by atoms with Gasteiger partial charge < -0.3 is 15.1 Å². The summed E-state index contributed by atoms with van der Waals surface area (Å²) in [6.45, 7) is 6.16. The third-order valence-corrected chi connectivity index (χ3v) is 4.30. The van der Waals surface area contributed by atoms with Gasteiger partial charge in [-0.05, 0) is 11.8 Å². The Labute approximate surface area is 100 Å². The van der Waals surface area contributed by atoms with Crippen LogP contribution in [0.2, 0.25) is 0 Å². The van der Waals surface area contributed by atoms with Gasteiger partial charge in [-0.1, -0.05) is 20.8 Å². The van der Waals surface area contributed by atoms with Crippen LogP contribution in [0.25, 0.3) is 0 Å². The summed E-state index contributed by atoms with van der Waals surface area (Å²) in [5, 5.41) is 18.8. The van der Waals surface area contributed by atoms with Gasteiger partial charge in [-0.15, -0.1) is 0 Å². The van der Waals surface area contributed by atoms with E-state index in [4.69, 9.17) is 5.11 Å². The number of nitrogens with zero attached hydrogens (tertiary/aromatic N) is 1. The number of β-amino-alcohol motifs (C(OH)–C–C–N with tert-alkyl or cyclic N) is 1. The molecule has 2 atom stereocenters. The van der Waals surface area contributed by atoms with Crippen LogP contribution in [0, 0.1) is 17.3 Å². The Hall–Kier alpha value is -1.10. The number of rotatable bonds is 3. The van der Waals surface area contributed by atoms with E-state index in [1.54, 1.807) is 18.7 Å². The molecule has 0 radical (unpaired) electrons. The standard InChI is InChI=1S/C12H19NO4/c1-4-12(17)5-13(6-12)9(14)7-8(10(15)16)11(7,2)3/h7-8,17H,4-6H2,1-3H3,(H,15,16)/t7-,8+/m1/s1. The molecule has 0 spiro atoms. The molecule has 0 bridgehead atoms. The van der Waals surface area contributed by atoms with E-state index in [1.807, 2.05) is 6.92 Å². The topological polar surface area (TPSA) is 77.8 Å². The maximum absolute atomic E-state index is 12.1. The SMILES string of the molecule is CCC1(O)CN(C(=O)[C@H]2[C@@H](C(=O)O)C2(C)C)C1. The van der Waals surface area contributed by atoms with Gasteiger partial charge in [0, 0.05) is 0 Å². The fourth-order valence-electron chi connectivity index (χ4n) is 2.80. The van der Waals surface area contributed by atoms with Gasteiger partial charge >= 0.3 is 5.97 Å². The number of carboxylic acids is 1. The minimum absolute atomic E-state index is 0.125. The Balaban J connectivity index is 1.98. The van der Waals surface area contributed by atoms with Crippen LogP contribution in [-0.4, -0.2) is 45.7 Å². The van der Waals surface area contributed by atoms with Gasteiger partial charge in [-0.2, -0.15) is 0 Å². The van der Waals surface area contributed by atoms with E-state index in [0.717, 1.165) is 0 Å². The number of hydrogen-bond acceptors (Lipinski definition) is 3. The zero-order valence-corrected chi connectivity index (χ0v) is 10.4. The third-order valence-electron chi connectivity index (χ3n) is 4.30. The van der Waals surface area contributed by atoms with E-state index in [0.29, 0.717) is 19.5 Å². The largest absolute Gasteiger partial charge is 0.481 e. The van der Waals surface area contributed by atoms with E-state index in [-0.39, 0.29) is 5.91 Å². The van der Waals surface area contributed by atoms with Crippen LogP contribution in [0.5, 0.6) is 0 Å². The minimum atomic E-state index is -0.903. The van der Waals surface area contributed by atoms with Crippen LogP contribution < -0.4 is 0 Å². The molecule has 2 rings (SSSR count). The summed E-state index contributed by atoms with van der Waals surface area (Å²) in [7, 11) is 0. The molecule has 1 saturated heterocycles. The Kier molecular flexibility index (Phi) is 2.51. The summed E-state index contributed by atoms with van der Waals surface area (Å²) in [5.74, 6) is -2.04. The Morgan fingerprint density at radius 3 is 2.18 bits per heavy atom. The highest BCUT2D eigenvalue weighted by Crippen LogP contribution is 2.59. The lowest BCUT2D eigenvalue weighted by atomic mass is 9.90. The normalized spacial score (nSPS) is 32.8. The summed E-state index contributed by atoms with van der Waals surface area (Å²) in [6, 6.07) is 0. The third kappa shape index (κ3) is 1.73. The minimum Gasteiger partial charge on any atom is -0.481 e. The van der Waals surface area contributed by atoms with Crippen LogP contribution in [0.15, 0.2) is 0 Å². The number of aliphatic hydroxyl groups is 1. The number of likely N-dealkylation sites (tertiary alicyclic amines) is 1. The van der Waals surface area contributed by atoms with Crippen molar-refractivity contribution in [1.29, 1.82) is 0 Å².